The molecule has 0 fully saturated rings. The van der Waals surface area contributed by atoms with Crippen molar-refractivity contribution in [1.29, 1.82) is 0 Å². The van der Waals surface area contributed by atoms with Crippen molar-refractivity contribution in [1.82, 2.24) is 0 Å². The summed E-state index contributed by atoms with van der Waals surface area (Å²) in [7, 11) is 0. The van der Waals surface area contributed by atoms with Crippen molar-refractivity contribution in [2.45, 2.75) is 46.1 Å². The van der Waals surface area contributed by atoms with Gasteiger partial charge in [0.05, 0.1) is 0 Å². The van der Waals surface area contributed by atoms with Crippen LogP contribution in [0.1, 0.15) is 40.0 Å². The number of esters is 2. The third kappa shape index (κ3) is 6.38. The Kier molecular flexibility index (Phi) is 6.85. The minimum atomic E-state index is -0.587. The standard InChI is InChI=1S/C16H21FO4/c1-11(2)12(3)20-15(18)9-6-10-16(19)21-14-8-5-4-7-13(14)17/h4-5,7-8,11-12H,6,9-10H2,1-3H3. The second-order valence-electron chi connectivity index (χ2n) is 5.20. The molecule has 4 nitrogen and oxygen atoms in total. The van der Waals surface area contributed by atoms with E-state index in [4.69, 9.17) is 9.47 Å². The van der Waals surface area contributed by atoms with Crippen LogP contribution in [-0.2, 0) is 14.3 Å². The molecule has 0 bridgehead atoms. The van der Waals surface area contributed by atoms with Crippen LogP contribution >= 0.6 is 0 Å². The Labute approximate surface area is 124 Å². The van der Waals surface area contributed by atoms with Gasteiger partial charge in [0.2, 0.25) is 0 Å². The molecule has 1 aromatic carbocycles. The Morgan fingerprint density at radius 2 is 1.71 bits per heavy atom. The molecule has 1 aromatic rings. The highest BCUT2D eigenvalue weighted by molar-refractivity contribution is 5.74. The van der Waals surface area contributed by atoms with Crippen molar-refractivity contribution in [3.8, 4) is 5.75 Å². The van der Waals surface area contributed by atoms with E-state index in [0.29, 0.717) is 6.42 Å². The fourth-order valence-corrected chi connectivity index (χ4v) is 1.48. The molecule has 116 valence electrons. The summed E-state index contributed by atoms with van der Waals surface area (Å²) in [5, 5.41) is 0. The average molecular weight is 296 g/mol. The molecule has 0 saturated carbocycles. The van der Waals surface area contributed by atoms with Crippen molar-refractivity contribution in [3.05, 3.63) is 30.1 Å². The van der Waals surface area contributed by atoms with E-state index < -0.39 is 11.8 Å². The minimum absolute atomic E-state index is 0.0412. The van der Waals surface area contributed by atoms with Crippen LogP contribution in [0, 0.1) is 11.7 Å². The van der Waals surface area contributed by atoms with Crippen LogP contribution in [-0.4, -0.2) is 18.0 Å². The fraction of sp³-hybridized carbons (Fsp3) is 0.500. The summed E-state index contributed by atoms with van der Waals surface area (Å²) >= 11 is 0. The molecular formula is C16H21FO4. The number of hydrogen-bond donors (Lipinski definition) is 0. The van der Waals surface area contributed by atoms with Crippen LogP contribution in [0.15, 0.2) is 24.3 Å². The molecule has 1 rings (SSSR count). The molecular weight excluding hydrogens is 275 g/mol. The number of hydrogen-bond acceptors (Lipinski definition) is 4. The number of rotatable bonds is 7. The largest absolute Gasteiger partial charge is 0.462 e. The number of halogens is 1. The second-order valence-corrected chi connectivity index (χ2v) is 5.20. The predicted octanol–water partition coefficient (Wildman–Crippen LogP) is 3.49. The molecule has 0 aliphatic carbocycles. The van der Waals surface area contributed by atoms with Gasteiger partial charge in [-0.2, -0.15) is 0 Å². The molecule has 0 N–H and O–H groups in total. The lowest BCUT2D eigenvalue weighted by atomic mass is 10.1. The first-order valence-corrected chi connectivity index (χ1v) is 7.05. The van der Waals surface area contributed by atoms with E-state index in [1.165, 1.54) is 18.2 Å². The molecule has 0 aliphatic rings. The molecule has 0 amide bonds. The van der Waals surface area contributed by atoms with E-state index in [2.05, 4.69) is 0 Å². The lowest BCUT2D eigenvalue weighted by Gasteiger charge is -2.16. The highest BCUT2D eigenvalue weighted by Crippen LogP contribution is 2.16. The molecule has 0 heterocycles. The molecule has 0 aromatic heterocycles. The van der Waals surface area contributed by atoms with Gasteiger partial charge in [-0.25, -0.2) is 4.39 Å². The van der Waals surface area contributed by atoms with Crippen molar-refractivity contribution >= 4 is 11.9 Å². The van der Waals surface area contributed by atoms with Crippen LogP contribution in [0.25, 0.3) is 0 Å². The van der Waals surface area contributed by atoms with E-state index in [1.54, 1.807) is 6.07 Å². The lowest BCUT2D eigenvalue weighted by Crippen LogP contribution is -2.20. The summed E-state index contributed by atoms with van der Waals surface area (Å²) in [6.07, 6.45) is 0.350. The van der Waals surface area contributed by atoms with Gasteiger partial charge in [-0.1, -0.05) is 26.0 Å². The Balaban J connectivity index is 2.28. The molecule has 0 radical (unpaired) electrons. The zero-order chi connectivity index (χ0) is 15.8. The smallest absolute Gasteiger partial charge is 0.311 e. The summed E-state index contributed by atoms with van der Waals surface area (Å²) in [4.78, 5) is 23.1. The normalized spacial score (nSPS) is 12.0. The summed E-state index contributed by atoms with van der Waals surface area (Å²) < 4.78 is 23.3. The maximum Gasteiger partial charge on any atom is 0.311 e. The number of benzene rings is 1. The highest BCUT2D eigenvalue weighted by atomic mass is 19.1. The SMILES string of the molecule is CC(C)C(C)OC(=O)CCCC(=O)Oc1ccccc1F. The van der Waals surface area contributed by atoms with Crippen LogP contribution < -0.4 is 4.74 Å². The Morgan fingerprint density at radius 1 is 1.10 bits per heavy atom. The third-order valence-electron chi connectivity index (χ3n) is 3.08. The van der Waals surface area contributed by atoms with Gasteiger partial charge in [0.1, 0.15) is 6.10 Å². The quantitative estimate of drug-likeness (QED) is 0.571. The molecule has 0 saturated heterocycles. The highest BCUT2D eigenvalue weighted by Gasteiger charge is 2.14. The monoisotopic (exact) mass is 296 g/mol. The van der Waals surface area contributed by atoms with Crippen molar-refractivity contribution < 1.29 is 23.5 Å². The van der Waals surface area contributed by atoms with Gasteiger partial charge in [0.15, 0.2) is 11.6 Å². The van der Waals surface area contributed by atoms with Gasteiger partial charge in [-0.3, -0.25) is 9.59 Å². The van der Waals surface area contributed by atoms with Gasteiger partial charge < -0.3 is 9.47 Å². The Bertz CT molecular complexity index is 485. The number of carbonyl (C=O) groups excluding carboxylic acids is 2. The van der Waals surface area contributed by atoms with E-state index in [-0.39, 0.29) is 36.6 Å². The van der Waals surface area contributed by atoms with E-state index in [1.807, 2.05) is 20.8 Å². The minimum Gasteiger partial charge on any atom is -0.462 e. The van der Waals surface area contributed by atoms with Crippen molar-refractivity contribution in [2.24, 2.45) is 5.92 Å². The van der Waals surface area contributed by atoms with Gasteiger partial charge in [0, 0.05) is 12.8 Å². The Morgan fingerprint density at radius 3 is 2.33 bits per heavy atom. The van der Waals surface area contributed by atoms with Gasteiger partial charge in [0.25, 0.3) is 0 Å². The molecule has 1 atom stereocenters. The third-order valence-corrected chi connectivity index (χ3v) is 3.08. The first-order valence-electron chi connectivity index (χ1n) is 7.05. The predicted molar refractivity (Wildman–Crippen MR) is 76.3 cm³/mol. The van der Waals surface area contributed by atoms with Crippen LogP contribution in [0.4, 0.5) is 4.39 Å². The molecule has 5 heteroatoms. The maximum absolute atomic E-state index is 13.3. The summed E-state index contributed by atoms with van der Waals surface area (Å²) in [6, 6.07) is 5.69. The number of carbonyl (C=O) groups is 2. The second kappa shape index (κ2) is 8.39. The number of para-hydroxylation sites is 1. The summed E-state index contributed by atoms with van der Waals surface area (Å²) in [5.41, 5.74) is 0. The van der Waals surface area contributed by atoms with Crippen LogP contribution in [0.3, 0.4) is 0 Å². The average Bonchev–Trinajstić information content (AvgIpc) is 2.41. The van der Waals surface area contributed by atoms with Gasteiger partial charge in [-0.15, -0.1) is 0 Å². The Hall–Kier alpha value is -1.91. The zero-order valence-electron chi connectivity index (χ0n) is 12.6. The molecule has 0 spiro atoms. The van der Waals surface area contributed by atoms with Crippen molar-refractivity contribution in [3.63, 3.8) is 0 Å². The molecule has 0 aliphatic heterocycles. The topological polar surface area (TPSA) is 52.6 Å². The zero-order valence-corrected chi connectivity index (χ0v) is 12.6. The van der Waals surface area contributed by atoms with Crippen LogP contribution in [0.5, 0.6) is 5.75 Å². The van der Waals surface area contributed by atoms with Gasteiger partial charge >= 0.3 is 11.9 Å². The first-order chi connectivity index (χ1) is 9.90. The van der Waals surface area contributed by atoms with E-state index >= 15 is 0 Å². The first kappa shape index (κ1) is 17.1. The van der Waals surface area contributed by atoms with E-state index in [9.17, 15) is 14.0 Å². The van der Waals surface area contributed by atoms with Crippen LogP contribution in [0.2, 0.25) is 0 Å². The van der Waals surface area contributed by atoms with Gasteiger partial charge in [-0.05, 0) is 31.4 Å². The fourth-order valence-electron chi connectivity index (χ4n) is 1.48. The van der Waals surface area contributed by atoms with E-state index in [0.717, 1.165) is 0 Å². The molecule has 21 heavy (non-hydrogen) atoms. The summed E-state index contributed by atoms with van der Waals surface area (Å²) in [5.74, 6) is -1.34. The lowest BCUT2D eigenvalue weighted by molar-refractivity contribution is -0.150. The summed E-state index contributed by atoms with van der Waals surface area (Å²) in [6.45, 7) is 5.75. The van der Waals surface area contributed by atoms with Crippen molar-refractivity contribution in [2.75, 3.05) is 0 Å². The molecule has 1 unspecified atom stereocenters. The number of ether oxygens (including phenoxy) is 2. The maximum atomic E-state index is 13.3.